The van der Waals surface area contributed by atoms with Crippen molar-refractivity contribution in [1.82, 2.24) is 20.9 Å². The van der Waals surface area contributed by atoms with E-state index in [2.05, 4.69) is 16.0 Å². The first-order valence-electron chi connectivity index (χ1n) is 7.94. The normalized spacial score (nSPS) is 22.9. The average Bonchev–Trinajstić information content (AvgIpc) is 2.31. The highest BCUT2D eigenvalue weighted by molar-refractivity contribution is 5.88. The summed E-state index contributed by atoms with van der Waals surface area (Å²) in [7, 11) is 0. The van der Waals surface area contributed by atoms with Crippen molar-refractivity contribution < 1.29 is 19.1 Å². The Morgan fingerprint density at radius 1 is 1.30 bits per heavy atom. The summed E-state index contributed by atoms with van der Waals surface area (Å²) in [6.07, 6.45) is 0. The predicted octanol–water partition coefficient (Wildman–Crippen LogP) is -1.24. The number of likely N-dealkylation sites (tertiary alicyclic amines) is 1. The summed E-state index contributed by atoms with van der Waals surface area (Å²) in [5, 5.41) is 18.4. The Hall–Kier alpha value is -1.25. The minimum absolute atomic E-state index is 0.0341. The number of carbonyl (C=O) groups is 2. The molecule has 132 valence electrons. The van der Waals surface area contributed by atoms with Crippen LogP contribution in [0.3, 0.4) is 0 Å². The summed E-state index contributed by atoms with van der Waals surface area (Å²) in [5.41, 5.74) is -3.87. The molecule has 0 spiro atoms. The van der Waals surface area contributed by atoms with Gasteiger partial charge in [0, 0.05) is 44.3 Å². The fraction of sp³-hybridized carbons (Fsp3) is 0.867. The third kappa shape index (κ3) is 3.99. The lowest BCUT2D eigenvalue weighted by molar-refractivity contribution is -0.162. The summed E-state index contributed by atoms with van der Waals surface area (Å²) in [4.78, 5) is 25.7. The van der Waals surface area contributed by atoms with Crippen molar-refractivity contribution in [3.8, 4) is 0 Å². The van der Waals surface area contributed by atoms with Crippen LogP contribution in [0.15, 0.2) is 0 Å². The van der Waals surface area contributed by atoms with Crippen LogP contribution in [0.1, 0.15) is 27.7 Å². The van der Waals surface area contributed by atoms with Crippen molar-refractivity contribution in [3.05, 3.63) is 0 Å². The minimum Gasteiger partial charge on any atom is -0.377 e. The summed E-state index contributed by atoms with van der Waals surface area (Å²) in [6.45, 7) is 8.16. The largest absolute Gasteiger partial charge is 0.377 e. The molecule has 2 aliphatic heterocycles. The molecule has 23 heavy (non-hydrogen) atoms. The van der Waals surface area contributed by atoms with Crippen molar-refractivity contribution in [3.63, 3.8) is 0 Å². The fourth-order valence-corrected chi connectivity index (χ4v) is 2.87. The van der Waals surface area contributed by atoms with Gasteiger partial charge in [-0.05, 0) is 27.7 Å². The van der Waals surface area contributed by atoms with Crippen LogP contribution in [-0.2, 0) is 9.59 Å². The molecule has 0 unspecified atom stereocenters. The molecule has 2 heterocycles. The monoisotopic (exact) mass is 330 g/mol. The molecule has 0 radical (unpaired) electrons. The maximum atomic E-state index is 14.0. The Morgan fingerprint density at radius 2 is 1.87 bits per heavy atom. The Kier molecular flexibility index (Phi) is 4.71. The zero-order valence-electron chi connectivity index (χ0n) is 14.2. The number of nitrogens with zero attached hydrogens (tertiary/aromatic N) is 1. The molecule has 0 atom stereocenters. The molecule has 0 aromatic carbocycles. The molecule has 4 N–H and O–H groups in total. The van der Waals surface area contributed by atoms with Gasteiger partial charge in [-0.1, -0.05) is 0 Å². The number of β-amino-alcohol motifs (C(OH)–C–C–N with tert-alkyl or cyclic N) is 1. The predicted molar refractivity (Wildman–Crippen MR) is 83.6 cm³/mol. The first kappa shape index (κ1) is 18.1. The molecule has 0 aliphatic carbocycles. The van der Waals surface area contributed by atoms with E-state index in [0.29, 0.717) is 6.54 Å². The van der Waals surface area contributed by atoms with Crippen LogP contribution in [0.25, 0.3) is 0 Å². The number of nitrogens with one attached hydrogen (secondary N) is 3. The number of hydrogen-bond acceptors (Lipinski definition) is 5. The van der Waals surface area contributed by atoms with Gasteiger partial charge in [0.1, 0.15) is 0 Å². The summed E-state index contributed by atoms with van der Waals surface area (Å²) in [6, 6.07) is -0.0341. The lowest BCUT2D eigenvalue weighted by Crippen LogP contribution is -2.72. The fourth-order valence-electron chi connectivity index (χ4n) is 2.87. The van der Waals surface area contributed by atoms with Gasteiger partial charge in [0.15, 0.2) is 5.60 Å². The van der Waals surface area contributed by atoms with E-state index in [-0.39, 0.29) is 38.1 Å². The van der Waals surface area contributed by atoms with Crippen molar-refractivity contribution in [2.75, 3.05) is 32.7 Å². The number of halogens is 1. The number of carbonyl (C=O) groups excluding carboxylic acids is 2. The Balaban J connectivity index is 1.81. The Morgan fingerprint density at radius 3 is 2.30 bits per heavy atom. The van der Waals surface area contributed by atoms with E-state index >= 15 is 0 Å². The third-order valence-corrected chi connectivity index (χ3v) is 4.10. The molecule has 7 nitrogen and oxygen atoms in total. The molecule has 8 heteroatoms. The van der Waals surface area contributed by atoms with Gasteiger partial charge in [-0.3, -0.25) is 14.5 Å². The second-order valence-corrected chi connectivity index (χ2v) is 7.71. The SMILES string of the molecule is CC(C)NC(=O)C1(O)CN(CC(C)(C)NC(=O)C2(F)CNC2)C1. The molecule has 0 aromatic heterocycles. The lowest BCUT2D eigenvalue weighted by Gasteiger charge is -2.48. The van der Waals surface area contributed by atoms with Crippen molar-refractivity contribution in [2.45, 2.75) is 50.5 Å². The molecule has 2 amide bonds. The highest BCUT2D eigenvalue weighted by Gasteiger charge is 2.50. The van der Waals surface area contributed by atoms with E-state index in [9.17, 15) is 19.1 Å². The van der Waals surface area contributed by atoms with Crippen LogP contribution in [0.4, 0.5) is 4.39 Å². The number of alkyl halides is 1. The van der Waals surface area contributed by atoms with Crippen LogP contribution in [0, 0.1) is 0 Å². The quantitative estimate of drug-likeness (QED) is 0.489. The van der Waals surface area contributed by atoms with E-state index < -0.39 is 22.7 Å². The lowest BCUT2D eigenvalue weighted by atomic mass is 9.89. The average molecular weight is 330 g/mol. The molecule has 2 fully saturated rings. The first-order chi connectivity index (χ1) is 10.5. The maximum absolute atomic E-state index is 14.0. The molecular formula is C15H27FN4O3. The maximum Gasteiger partial charge on any atom is 0.260 e. The second-order valence-electron chi connectivity index (χ2n) is 7.71. The third-order valence-electron chi connectivity index (χ3n) is 4.10. The van der Waals surface area contributed by atoms with Crippen molar-refractivity contribution in [1.29, 1.82) is 0 Å². The molecule has 0 aromatic rings. The summed E-state index contributed by atoms with van der Waals surface area (Å²) in [5.74, 6) is -0.997. The topological polar surface area (TPSA) is 93.7 Å². The van der Waals surface area contributed by atoms with Gasteiger partial charge in [-0.25, -0.2) is 4.39 Å². The summed E-state index contributed by atoms with van der Waals surface area (Å²) < 4.78 is 14.0. The van der Waals surface area contributed by atoms with E-state index in [0.717, 1.165) is 0 Å². The van der Waals surface area contributed by atoms with Gasteiger partial charge >= 0.3 is 0 Å². The van der Waals surface area contributed by atoms with Gasteiger partial charge in [-0.15, -0.1) is 0 Å². The van der Waals surface area contributed by atoms with Gasteiger partial charge in [-0.2, -0.15) is 0 Å². The van der Waals surface area contributed by atoms with E-state index in [1.54, 1.807) is 13.8 Å². The van der Waals surface area contributed by atoms with Gasteiger partial charge < -0.3 is 21.1 Å². The number of rotatable bonds is 6. The molecule has 2 saturated heterocycles. The van der Waals surface area contributed by atoms with Gasteiger partial charge in [0.25, 0.3) is 11.8 Å². The zero-order chi connectivity index (χ0) is 17.5. The molecule has 2 aliphatic rings. The van der Waals surface area contributed by atoms with Crippen molar-refractivity contribution in [2.24, 2.45) is 0 Å². The Labute approximate surface area is 136 Å². The van der Waals surface area contributed by atoms with Crippen LogP contribution in [-0.4, -0.2) is 77.4 Å². The van der Waals surface area contributed by atoms with E-state index in [4.69, 9.17) is 0 Å². The number of amides is 2. The number of aliphatic hydroxyl groups is 1. The first-order valence-corrected chi connectivity index (χ1v) is 7.94. The highest BCUT2D eigenvalue weighted by Crippen LogP contribution is 2.24. The zero-order valence-corrected chi connectivity index (χ0v) is 14.2. The van der Waals surface area contributed by atoms with Crippen LogP contribution < -0.4 is 16.0 Å². The van der Waals surface area contributed by atoms with Crippen LogP contribution in [0.2, 0.25) is 0 Å². The van der Waals surface area contributed by atoms with Crippen LogP contribution in [0.5, 0.6) is 0 Å². The Bertz CT molecular complexity index is 485. The van der Waals surface area contributed by atoms with E-state index in [1.165, 1.54) is 0 Å². The second kappa shape index (κ2) is 5.99. The highest BCUT2D eigenvalue weighted by atomic mass is 19.1. The van der Waals surface area contributed by atoms with Crippen molar-refractivity contribution >= 4 is 11.8 Å². The van der Waals surface area contributed by atoms with Gasteiger partial charge in [0.05, 0.1) is 0 Å². The molecule has 0 saturated carbocycles. The molecular weight excluding hydrogens is 303 g/mol. The minimum atomic E-state index is -1.83. The van der Waals surface area contributed by atoms with Crippen LogP contribution >= 0.6 is 0 Å². The molecule has 0 bridgehead atoms. The van der Waals surface area contributed by atoms with E-state index in [1.807, 2.05) is 18.7 Å². The summed E-state index contributed by atoms with van der Waals surface area (Å²) >= 11 is 0. The van der Waals surface area contributed by atoms with Gasteiger partial charge in [0.2, 0.25) is 5.67 Å². The standard InChI is InChI=1S/C15H27FN4O3/c1-10(2)18-12(22)15(23)8-20(9-15)7-13(3,4)19-11(21)14(16)5-17-6-14/h10,17,23H,5-9H2,1-4H3,(H,18,22)(H,19,21). The number of hydrogen-bond donors (Lipinski definition) is 4. The molecule has 2 rings (SSSR count). The smallest absolute Gasteiger partial charge is 0.260 e.